The van der Waals surface area contributed by atoms with Gasteiger partial charge in [0.1, 0.15) is 0 Å². The average molecular weight is 291 g/mol. The lowest BCUT2D eigenvalue weighted by Crippen LogP contribution is -2.29. The molecular weight excluding hydrogens is 274 g/mol. The zero-order chi connectivity index (χ0) is 15.4. The van der Waals surface area contributed by atoms with E-state index in [0.29, 0.717) is 24.2 Å². The number of likely N-dealkylation sites (tertiary alicyclic amines) is 1. The van der Waals surface area contributed by atoms with Crippen molar-refractivity contribution in [3.05, 3.63) is 29.8 Å². The van der Waals surface area contributed by atoms with E-state index in [2.05, 4.69) is 5.32 Å². The molecule has 1 aliphatic heterocycles. The maximum Gasteiger partial charge on any atom is 0.308 e. The fourth-order valence-electron chi connectivity index (χ4n) is 2.25. The molecule has 7 heteroatoms. The fourth-order valence-corrected chi connectivity index (χ4v) is 2.25. The van der Waals surface area contributed by atoms with E-state index in [0.717, 1.165) is 0 Å². The molecule has 1 saturated heterocycles. The van der Waals surface area contributed by atoms with Gasteiger partial charge in [0.15, 0.2) is 0 Å². The number of hydrogen-bond acceptors (Lipinski definition) is 4. The molecule has 21 heavy (non-hydrogen) atoms. The van der Waals surface area contributed by atoms with Crippen LogP contribution in [0.5, 0.6) is 0 Å². The van der Waals surface area contributed by atoms with Crippen molar-refractivity contribution in [1.82, 2.24) is 4.90 Å². The summed E-state index contributed by atoms with van der Waals surface area (Å²) in [5, 5.41) is 11.8. The molecule has 1 atom stereocenters. The van der Waals surface area contributed by atoms with Gasteiger partial charge >= 0.3 is 5.97 Å². The van der Waals surface area contributed by atoms with Crippen molar-refractivity contribution in [1.29, 1.82) is 0 Å². The Labute approximate surface area is 121 Å². The minimum atomic E-state index is -0.865. The van der Waals surface area contributed by atoms with Crippen LogP contribution < -0.4 is 11.1 Å². The van der Waals surface area contributed by atoms with Gasteiger partial charge in [-0.3, -0.25) is 14.4 Å². The fraction of sp³-hybridized carbons (Fsp3) is 0.357. The molecule has 2 rings (SSSR count). The summed E-state index contributed by atoms with van der Waals surface area (Å²) in [5.74, 6) is -1.99. The SMILES string of the molecule is NC(=O)CNc1ccc(C(=O)N2CC[C@H](C(=O)O)C2)cc1. The van der Waals surface area contributed by atoms with E-state index in [4.69, 9.17) is 10.8 Å². The van der Waals surface area contributed by atoms with Gasteiger partial charge in [0.2, 0.25) is 5.91 Å². The number of carboxylic acid groups (broad SMARTS) is 1. The Morgan fingerprint density at radius 2 is 1.95 bits per heavy atom. The monoisotopic (exact) mass is 291 g/mol. The second kappa shape index (κ2) is 6.25. The van der Waals surface area contributed by atoms with E-state index in [9.17, 15) is 14.4 Å². The van der Waals surface area contributed by atoms with Gasteiger partial charge in [-0.15, -0.1) is 0 Å². The molecular formula is C14H17N3O4. The van der Waals surface area contributed by atoms with Gasteiger partial charge in [-0.25, -0.2) is 0 Å². The first-order valence-electron chi connectivity index (χ1n) is 6.61. The molecule has 1 heterocycles. The number of nitrogens with zero attached hydrogens (tertiary/aromatic N) is 1. The summed E-state index contributed by atoms with van der Waals surface area (Å²) >= 11 is 0. The predicted octanol–water partition coefficient (Wildman–Crippen LogP) is 0.130. The van der Waals surface area contributed by atoms with Crippen LogP contribution in [0.1, 0.15) is 16.8 Å². The summed E-state index contributed by atoms with van der Waals surface area (Å²) in [6, 6.07) is 6.64. The van der Waals surface area contributed by atoms with Crippen LogP contribution in [0, 0.1) is 5.92 Å². The number of hydrogen-bond donors (Lipinski definition) is 3. The van der Waals surface area contributed by atoms with Gasteiger partial charge in [-0.2, -0.15) is 0 Å². The number of rotatable bonds is 5. The minimum Gasteiger partial charge on any atom is -0.481 e. The van der Waals surface area contributed by atoms with Gasteiger partial charge in [-0.05, 0) is 30.7 Å². The van der Waals surface area contributed by atoms with E-state index < -0.39 is 17.8 Å². The molecule has 1 aromatic carbocycles. The Hall–Kier alpha value is -2.57. The third kappa shape index (κ3) is 3.71. The highest BCUT2D eigenvalue weighted by Gasteiger charge is 2.31. The first-order valence-corrected chi connectivity index (χ1v) is 6.61. The van der Waals surface area contributed by atoms with Gasteiger partial charge in [-0.1, -0.05) is 0 Å². The van der Waals surface area contributed by atoms with Crippen LogP contribution in [0.3, 0.4) is 0 Å². The van der Waals surface area contributed by atoms with Crippen LogP contribution in [0.25, 0.3) is 0 Å². The number of primary amides is 1. The van der Waals surface area contributed by atoms with Crippen molar-refractivity contribution in [2.45, 2.75) is 6.42 Å². The maximum absolute atomic E-state index is 12.2. The summed E-state index contributed by atoms with van der Waals surface area (Å²) in [4.78, 5) is 35.3. The Balaban J connectivity index is 1.97. The molecule has 1 aliphatic rings. The van der Waals surface area contributed by atoms with Crippen LogP contribution in [0.15, 0.2) is 24.3 Å². The standard InChI is InChI=1S/C14H17N3O4/c15-12(18)7-16-11-3-1-9(2-4-11)13(19)17-6-5-10(8-17)14(20)21/h1-4,10,16H,5-8H2,(H2,15,18)(H,20,21)/t10-/m0/s1. The van der Waals surface area contributed by atoms with Crippen molar-refractivity contribution in [2.24, 2.45) is 11.7 Å². The van der Waals surface area contributed by atoms with Crippen molar-refractivity contribution in [3.63, 3.8) is 0 Å². The molecule has 7 nitrogen and oxygen atoms in total. The first kappa shape index (κ1) is 14.8. The molecule has 0 aliphatic carbocycles. The molecule has 1 aromatic rings. The first-order chi connectivity index (χ1) is 9.97. The van der Waals surface area contributed by atoms with Crippen LogP contribution in [-0.2, 0) is 9.59 Å². The Morgan fingerprint density at radius 3 is 2.48 bits per heavy atom. The summed E-state index contributed by atoms with van der Waals surface area (Å²) in [6.45, 7) is 0.729. The lowest BCUT2D eigenvalue weighted by molar-refractivity contribution is -0.141. The lowest BCUT2D eigenvalue weighted by Gasteiger charge is -2.16. The van der Waals surface area contributed by atoms with Crippen molar-refractivity contribution < 1.29 is 19.5 Å². The third-order valence-electron chi connectivity index (χ3n) is 3.42. The molecule has 0 unspecified atom stereocenters. The highest BCUT2D eigenvalue weighted by Crippen LogP contribution is 2.19. The summed E-state index contributed by atoms with van der Waals surface area (Å²) in [7, 11) is 0. The maximum atomic E-state index is 12.2. The Morgan fingerprint density at radius 1 is 1.29 bits per heavy atom. The quantitative estimate of drug-likeness (QED) is 0.713. The number of nitrogens with one attached hydrogen (secondary N) is 1. The molecule has 1 fully saturated rings. The van der Waals surface area contributed by atoms with Gasteiger partial charge in [0.05, 0.1) is 12.5 Å². The van der Waals surface area contributed by atoms with Crippen molar-refractivity contribution >= 4 is 23.5 Å². The van der Waals surface area contributed by atoms with Crippen LogP contribution in [0.2, 0.25) is 0 Å². The highest BCUT2D eigenvalue weighted by molar-refractivity contribution is 5.95. The topological polar surface area (TPSA) is 113 Å². The van der Waals surface area contributed by atoms with E-state index in [1.807, 2.05) is 0 Å². The smallest absolute Gasteiger partial charge is 0.308 e. The van der Waals surface area contributed by atoms with Crippen LogP contribution in [-0.4, -0.2) is 47.4 Å². The minimum absolute atomic E-state index is 0.0275. The summed E-state index contributed by atoms with van der Waals surface area (Å²) < 4.78 is 0. The molecule has 2 amide bonds. The van der Waals surface area contributed by atoms with E-state index in [-0.39, 0.29) is 19.0 Å². The molecule has 0 aromatic heterocycles. The van der Waals surface area contributed by atoms with E-state index in [1.54, 1.807) is 29.2 Å². The van der Waals surface area contributed by atoms with Gasteiger partial charge in [0, 0.05) is 24.3 Å². The van der Waals surface area contributed by atoms with Crippen LogP contribution in [0.4, 0.5) is 5.69 Å². The number of aliphatic carboxylic acids is 1. The molecule has 0 saturated carbocycles. The summed E-state index contributed by atoms with van der Waals surface area (Å²) in [5.41, 5.74) is 6.21. The molecule has 0 bridgehead atoms. The van der Waals surface area contributed by atoms with Crippen molar-refractivity contribution in [2.75, 3.05) is 25.0 Å². The van der Waals surface area contributed by atoms with E-state index >= 15 is 0 Å². The number of benzene rings is 1. The number of anilines is 1. The van der Waals surface area contributed by atoms with Crippen molar-refractivity contribution in [3.8, 4) is 0 Å². The zero-order valence-corrected chi connectivity index (χ0v) is 11.4. The van der Waals surface area contributed by atoms with Crippen LogP contribution >= 0.6 is 0 Å². The molecule has 112 valence electrons. The number of nitrogens with two attached hydrogens (primary N) is 1. The summed E-state index contributed by atoms with van der Waals surface area (Å²) in [6.07, 6.45) is 0.485. The average Bonchev–Trinajstić information content (AvgIpc) is 2.95. The molecule has 0 radical (unpaired) electrons. The van der Waals surface area contributed by atoms with Gasteiger partial charge in [0.25, 0.3) is 5.91 Å². The number of carbonyl (C=O) groups excluding carboxylic acids is 2. The number of amides is 2. The highest BCUT2D eigenvalue weighted by atomic mass is 16.4. The lowest BCUT2D eigenvalue weighted by atomic mass is 10.1. The molecule has 0 spiro atoms. The third-order valence-corrected chi connectivity index (χ3v) is 3.42. The Kier molecular flexibility index (Phi) is 4.42. The predicted molar refractivity (Wildman–Crippen MR) is 75.8 cm³/mol. The largest absolute Gasteiger partial charge is 0.481 e. The normalized spacial score (nSPS) is 17.5. The number of carbonyl (C=O) groups is 3. The second-order valence-corrected chi connectivity index (χ2v) is 4.97. The molecule has 4 N–H and O–H groups in total. The van der Waals surface area contributed by atoms with Gasteiger partial charge < -0.3 is 21.1 Å². The second-order valence-electron chi connectivity index (χ2n) is 4.97. The zero-order valence-electron chi connectivity index (χ0n) is 11.4. The van der Waals surface area contributed by atoms with E-state index in [1.165, 1.54) is 0 Å². The Bertz CT molecular complexity index is 556. The number of carboxylic acids is 1.